The predicted octanol–water partition coefficient (Wildman–Crippen LogP) is 3.49. The molecule has 1 aliphatic rings. The molecular formula is C14H16Cl2O3. The highest BCUT2D eigenvalue weighted by molar-refractivity contribution is 6.34. The summed E-state index contributed by atoms with van der Waals surface area (Å²) in [6.45, 7) is 0.487. The number of ketones is 1. The highest BCUT2D eigenvalue weighted by Gasteiger charge is 2.25. The summed E-state index contributed by atoms with van der Waals surface area (Å²) in [5, 5.41) is 10.6. The summed E-state index contributed by atoms with van der Waals surface area (Å²) in [5.41, 5.74) is 0. The molecule has 5 heteroatoms. The lowest BCUT2D eigenvalue weighted by Gasteiger charge is -2.24. The first-order valence-electron chi connectivity index (χ1n) is 6.31. The third kappa shape index (κ3) is 4.68. The van der Waals surface area contributed by atoms with Gasteiger partial charge in [-0.25, -0.2) is 0 Å². The van der Waals surface area contributed by atoms with Crippen molar-refractivity contribution in [2.45, 2.75) is 31.8 Å². The number of ether oxygens (including phenoxy) is 1. The summed E-state index contributed by atoms with van der Waals surface area (Å²) in [7, 11) is 0. The van der Waals surface area contributed by atoms with Gasteiger partial charge >= 0.3 is 0 Å². The number of carbonyl (C=O) groups is 1. The summed E-state index contributed by atoms with van der Waals surface area (Å²) in [4.78, 5) is 11.4. The lowest BCUT2D eigenvalue weighted by Crippen LogP contribution is -2.27. The number of rotatable bonds is 4. The highest BCUT2D eigenvalue weighted by atomic mass is 35.5. The van der Waals surface area contributed by atoms with E-state index in [1.165, 1.54) is 0 Å². The van der Waals surface area contributed by atoms with Crippen molar-refractivity contribution in [2.75, 3.05) is 6.61 Å². The molecule has 2 unspecified atom stereocenters. The van der Waals surface area contributed by atoms with Crippen LogP contribution in [0.25, 0.3) is 0 Å². The van der Waals surface area contributed by atoms with Crippen LogP contribution in [0, 0.1) is 5.92 Å². The van der Waals surface area contributed by atoms with Gasteiger partial charge < -0.3 is 9.84 Å². The molecule has 0 bridgehead atoms. The van der Waals surface area contributed by atoms with Crippen LogP contribution in [0.15, 0.2) is 18.2 Å². The van der Waals surface area contributed by atoms with Gasteiger partial charge in [-0.15, -0.1) is 0 Å². The molecule has 0 spiro atoms. The Hall–Kier alpha value is -0.770. The topological polar surface area (TPSA) is 46.5 Å². The fourth-order valence-corrected chi connectivity index (χ4v) is 2.90. The molecule has 2 rings (SSSR count). The van der Waals surface area contributed by atoms with E-state index < -0.39 is 6.10 Å². The number of carbonyl (C=O) groups excluding carboxylic acids is 1. The quantitative estimate of drug-likeness (QED) is 0.926. The maximum Gasteiger partial charge on any atom is 0.135 e. The van der Waals surface area contributed by atoms with E-state index in [-0.39, 0.29) is 11.7 Å². The van der Waals surface area contributed by atoms with Gasteiger partial charge in [-0.2, -0.15) is 0 Å². The summed E-state index contributed by atoms with van der Waals surface area (Å²) in [6.07, 6.45) is 1.75. The van der Waals surface area contributed by atoms with Crippen molar-refractivity contribution in [1.82, 2.24) is 0 Å². The normalized spacial score (nSPS) is 23.4. The van der Waals surface area contributed by atoms with Crippen molar-refractivity contribution < 1.29 is 14.6 Å². The number of aliphatic hydroxyl groups excluding tert-OH is 1. The second kappa shape index (κ2) is 6.60. The Kier molecular flexibility index (Phi) is 5.08. The molecule has 1 aliphatic carbocycles. The Morgan fingerprint density at radius 2 is 1.89 bits per heavy atom. The number of halogens is 2. The SMILES string of the molecule is O=C1CC(O)CC(CCOc2cc(Cl)cc(Cl)c2)C1. The zero-order valence-electron chi connectivity index (χ0n) is 10.4. The van der Waals surface area contributed by atoms with E-state index in [0.717, 1.165) is 6.42 Å². The molecule has 0 saturated heterocycles. The van der Waals surface area contributed by atoms with Crippen LogP contribution in [-0.4, -0.2) is 23.6 Å². The predicted molar refractivity (Wildman–Crippen MR) is 74.9 cm³/mol. The van der Waals surface area contributed by atoms with E-state index >= 15 is 0 Å². The van der Waals surface area contributed by atoms with Crippen LogP contribution in [0.4, 0.5) is 0 Å². The summed E-state index contributed by atoms with van der Waals surface area (Å²) >= 11 is 11.7. The van der Waals surface area contributed by atoms with Gasteiger partial charge in [0.25, 0.3) is 0 Å². The van der Waals surface area contributed by atoms with E-state index in [4.69, 9.17) is 27.9 Å². The Morgan fingerprint density at radius 1 is 1.21 bits per heavy atom. The van der Waals surface area contributed by atoms with Crippen LogP contribution in [0.1, 0.15) is 25.7 Å². The number of hydrogen-bond acceptors (Lipinski definition) is 3. The van der Waals surface area contributed by atoms with Crippen molar-refractivity contribution in [3.05, 3.63) is 28.2 Å². The van der Waals surface area contributed by atoms with Crippen molar-refractivity contribution in [3.63, 3.8) is 0 Å². The van der Waals surface area contributed by atoms with Gasteiger partial charge in [0.2, 0.25) is 0 Å². The molecule has 1 N–H and O–H groups in total. The van der Waals surface area contributed by atoms with Crippen molar-refractivity contribution in [1.29, 1.82) is 0 Å². The second-order valence-electron chi connectivity index (χ2n) is 4.94. The zero-order valence-corrected chi connectivity index (χ0v) is 12.0. The smallest absolute Gasteiger partial charge is 0.135 e. The van der Waals surface area contributed by atoms with E-state index in [1.54, 1.807) is 18.2 Å². The number of aliphatic hydroxyl groups is 1. The third-order valence-corrected chi connectivity index (χ3v) is 3.65. The van der Waals surface area contributed by atoms with Crippen molar-refractivity contribution in [3.8, 4) is 5.75 Å². The summed E-state index contributed by atoms with van der Waals surface area (Å²) < 4.78 is 5.58. The van der Waals surface area contributed by atoms with Crippen molar-refractivity contribution in [2.24, 2.45) is 5.92 Å². The molecule has 1 aromatic rings. The Morgan fingerprint density at radius 3 is 2.53 bits per heavy atom. The van der Waals surface area contributed by atoms with Gasteiger partial charge in [0.15, 0.2) is 0 Å². The molecule has 0 aromatic heterocycles. The lowest BCUT2D eigenvalue weighted by molar-refractivity contribution is -0.124. The largest absolute Gasteiger partial charge is 0.493 e. The first-order valence-corrected chi connectivity index (χ1v) is 7.07. The maximum atomic E-state index is 11.4. The molecule has 0 radical (unpaired) electrons. The van der Waals surface area contributed by atoms with Crippen LogP contribution >= 0.6 is 23.2 Å². The lowest BCUT2D eigenvalue weighted by atomic mass is 9.84. The maximum absolute atomic E-state index is 11.4. The van der Waals surface area contributed by atoms with E-state index in [0.29, 0.717) is 41.7 Å². The molecule has 19 heavy (non-hydrogen) atoms. The van der Waals surface area contributed by atoms with Gasteiger partial charge in [-0.3, -0.25) is 4.79 Å². The fraction of sp³-hybridized carbons (Fsp3) is 0.500. The number of hydrogen-bond donors (Lipinski definition) is 1. The van der Waals surface area contributed by atoms with Gasteiger partial charge in [-0.05, 0) is 37.0 Å². The van der Waals surface area contributed by atoms with Crippen LogP contribution < -0.4 is 4.74 Å². The van der Waals surface area contributed by atoms with Crippen LogP contribution in [0.5, 0.6) is 5.75 Å². The van der Waals surface area contributed by atoms with Crippen LogP contribution in [0.2, 0.25) is 10.0 Å². The highest BCUT2D eigenvalue weighted by Crippen LogP contribution is 2.27. The molecule has 1 fully saturated rings. The monoisotopic (exact) mass is 302 g/mol. The number of benzene rings is 1. The zero-order chi connectivity index (χ0) is 13.8. The van der Waals surface area contributed by atoms with Crippen molar-refractivity contribution >= 4 is 29.0 Å². The third-order valence-electron chi connectivity index (χ3n) is 3.22. The average molecular weight is 303 g/mol. The van der Waals surface area contributed by atoms with E-state index in [1.807, 2.05) is 0 Å². The fourth-order valence-electron chi connectivity index (χ4n) is 2.39. The average Bonchev–Trinajstić information content (AvgIpc) is 2.26. The first-order chi connectivity index (χ1) is 9.02. The molecule has 0 aliphatic heterocycles. The molecule has 104 valence electrons. The van der Waals surface area contributed by atoms with Gasteiger partial charge in [0.1, 0.15) is 11.5 Å². The Bertz CT molecular complexity index is 442. The molecule has 1 saturated carbocycles. The van der Waals surface area contributed by atoms with E-state index in [9.17, 15) is 9.90 Å². The minimum Gasteiger partial charge on any atom is -0.493 e. The van der Waals surface area contributed by atoms with Gasteiger partial charge in [-0.1, -0.05) is 23.2 Å². The Balaban J connectivity index is 1.81. The standard InChI is InChI=1S/C14H16Cl2O3/c15-10-5-11(16)7-14(6-10)19-2-1-9-3-12(17)8-13(18)4-9/h5-7,9,12,17H,1-4,8H2. The summed E-state index contributed by atoms with van der Waals surface area (Å²) in [5.74, 6) is 0.959. The molecular weight excluding hydrogens is 287 g/mol. The summed E-state index contributed by atoms with van der Waals surface area (Å²) in [6, 6.07) is 5.05. The van der Waals surface area contributed by atoms with Crippen LogP contribution in [-0.2, 0) is 4.79 Å². The molecule has 2 atom stereocenters. The van der Waals surface area contributed by atoms with E-state index in [2.05, 4.69) is 0 Å². The number of Topliss-reactive ketones (excluding diaryl/α,β-unsaturated/α-hetero) is 1. The molecule has 3 nitrogen and oxygen atoms in total. The van der Waals surface area contributed by atoms with Gasteiger partial charge in [0.05, 0.1) is 12.7 Å². The Labute approximate surface area is 122 Å². The second-order valence-corrected chi connectivity index (χ2v) is 5.82. The molecule has 0 heterocycles. The van der Waals surface area contributed by atoms with Gasteiger partial charge in [0, 0.05) is 22.9 Å². The molecule has 1 aromatic carbocycles. The van der Waals surface area contributed by atoms with Crippen LogP contribution in [0.3, 0.4) is 0 Å². The minimum atomic E-state index is -0.494. The molecule has 0 amide bonds. The minimum absolute atomic E-state index is 0.134. The first kappa shape index (κ1) is 14.6.